The quantitative estimate of drug-likeness (QED) is 0.377. The first-order valence-corrected chi connectivity index (χ1v) is 11.7. The summed E-state index contributed by atoms with van der Waals surface area (Å²) in [6.45, 7) is 7.23. The Balaban J connectivity index is 1.67. The molecule has 0 unspecified atom stereocenters. The van der Waals surface area contributed by atoms with Crippen molar-refractivity contribution in [2.24, 2.45) is 0 Å². The predicted octanol–water partition coefficient (Wildman–Crippen LogP) is 4.17. The second kappa shape index (κ2) is 10.4. The van der Waals surface area contributed by atoms with E-state index < -0.39 is 17.5 Å². The number of amides is 2. The molecular formula is C25H27ClN6O4. The number of tetrazole rings is 1. The van der Waals surface area contributed by atoms with Gasteiger partial charge in [-0.25, -0.2) is 0 Å². The Labute approximate surface area is 213 Å². The fraction of sp³-hybridized carbons (Fsp3) is 0.320. The summed E-state index contributed by atoms with van der Waals surface area (Å²) in [6.07, 6.45) is 1.51. The first-order valence-electron chi connectivity index (χ1n) is 11.3. The third kappa shape index (κ3) is 6.19. The van der Waals surface area contributed by atoms with Crippen LogP contribution in [0.1, 0.15) is 43.9 Å². The maximum atomic E-state index is 13.7. The number of hydrogen-bond donors (Lipinski definition) is 1. The van der Waals surface area contributed by atoms with E-state index in [9.17, 15) is 9.59 Å². The number of rotatable bonds is 8. The molecule has 0 fully saturated rings. The minimum atomic E-state index is -0.963. The van der Waals surface area contributed by atoms with Gasteiger partial charge >= 0.3 is 0 Å². The molecule has 4 rings (SSSR count). The smallest absolute Gasteiger partial charge is 0.247 e. The maximum Gasteiger partial charge on any atom is 0.247 e. The van der Waals surface area contributed by atoms with E-state index >= 15 is 0 Å². The summed E-state index contributed by atoms with van der Waals surface area (Å²) >= 11 is 6.09. The van der Waals surface area contributed by atoms with E-state index in [-0.39, 0.29) is 24.8 Å². The number of benzene rings is 1. The van der Waals surface area contributed by atoms with Crippen LogP contribution < -0.4 is 5.32 Å². The first-order chi connectivity index (χ1) is 17.1. The highest BCUT2D eigenvalue weighted by Gasteiger charge is 2.34. The van der Waals surface area contributed by atoms with Gasteiger partial charge in [-0.05, 0) is 74.9 Å². The van der Waals surface area contributed by atoms with Gasteiger partial charge in [0, 0.05) is 10.6 Å². The Hall–Kier alpha value is -3.92. The molecule has 0 aliphatic rings. The normalized spacial score (nSPS) is 12.4. The van der Waals surface area contributed by atoms with Crippen LogP contribution >= 0.6 is 11.6 Å². The van der Waals surface area contributed by atoms with Gasteiger partial charge < -0.3 is 19.1 Å². The van der Waals surface area contributed by atoms with Gasteiger partial charge in [-0.15, -0.1) is 10.2 Å². The molecule has 188 valence electrons. The first kappa shape index (κ1) is 25.2. The Kier molecular flexibility index (Phi) is 7.25. The number of hydrogen-bond acceptors (Lipinski definition) is 7. The van der Waals surface area contributed by atoms with Crippen LogP contribution in [0.15, 0.2) is 63.6 Å². The Bertz CT molecular complexity index is 1320. The summed E-state index contributed by atoms with van der Waals surface area (Å²) in [5, 5.41) is 15.8. The van der Waals surface area contributed by atoms with Crippen molar-refractivity contribution in [1.82, 2.24) is 30.4 Å². The number of aromatic nitrogens is 4. The van der Waals surface area contributed by atoms with Crippen molar-refractivity contribution in [3.05, 3.63) is 76.9 Å². The highest BCUT2D eigenvalue weighted by molar-refractivity contribution is 6.30. The zero-order valence-corrected chi connectivity index (χ0v) is 21.2. The summed E-state index contributed by atoms with van der Waals surface area (Å²) in [7, 11) is 0. The third-order valence-corrected chi connectivity index (χ3v) is 5.41. The van der Waals surface area contributed by atoms with Gasteiger partial charge in [0.25, 0.3) is 0 Å². The van der Waals surface area contributed by atoms with Crippen LogP contribution in [0.25, 0.3) is 11.6 Å². The van der Waals surface area contributed by atoms with Gasteiger partial charge in [0.2, 0.25) is 17.6 Å². The fourth-order valence-corrected chi connectivity index (χ4v) is 3.75. The van der Waals surface area contributed by atoms with Crippen molar-refractivity contribution >= 4 is 23.4 Å². The summed E-state index contributed by atoms with van der Waals surface area (Å²) in [4.78, 5) is 29.8. The lowest BCUT2D eigenvalue weighted by Gasteiger charge is -2.33. The van der Waals surface area contributed by atoms with Crippen LogP contribution in [-0.4, -0.2) is 42.5 Å². The average molecular weight is 511 g/mol. The second-order valence-corrected chi connectivity index (χ2v) is 9.78. The van der Waals surface area contributed by atoms with Crippen LogP contribution in [-0.2, 0) is 22.7 Å². The minimum absolute atomic E-state index is 0.0512. The van der Waals surface area contributed by atoms with Crippen LogP contribution in [0.5, 0.6) is 0 Å². The molecule has 0 radical (unpaired) electrons. The topological polar surface area (TPSA) is 119 Å². The number of nitrogens with one attached hydrogen (secondary N) is 1. The van der Waals surface area contributed by atoms with Gasteiger partial charge in [0.05, 0.1) is 12.8 Å². The molecule has 0 saturated heterocycles. The van der Waals surface area contributed by atoms with E-state index in [0.717, 1.165) is 0 Å². The molecule has 1 aromatic carbocycles. The molecule has 36 heavy (non-hydrogen) atoms. The molecule has 1 atom stereocenters. The standard InChI is InChI=1S/C25H27ClN6O4/c1-16-7-12-20(36-16)23-28-30-32(29-23)15-21(33)31(14-19-6-5-13-35-19)22(24(34)27-25(2,3)4)17-8-10-18(26)11-9-17/h5-13,22H,14-15H2,1-4H3,(H,27,34)/t22-/m0/s1. The van der Waals surface area contributed by atoms with Crippen LogP contribution in [0, 0.1) is 6.92 Å². The van der Waals surface area contributed by atoms with E-state index in [0.29, 0.717) is 27.9 Å². The lowest BCUT2D eigenvalue weighted by Crippen LogP contribution is -2.49. The molecular weight excluding hydrogens is 484 g/mol. The third-order valence-electron chi connectivity index (χ3n) is 5.16. The Morgan fingerprint density at radius 1 is 1.14 bits per heavy atom. The number of nitrogens with zero attached hydrogens (tertiary/aromatic N) is 5. The Morgan fingerprint density at radius 3 is 2.50 bits per heavy atom. The van der Waals surface area contributed by atoms with Gasteiger partial charge in [-0.1, -0.05) is 23.7 Å². The molecule has 0 spiro atoms. The zero-order valence-electron chi connectivity index (χ0n) is 20.4. The molecule has 0 bridgehead atoms. The number of carbonyl (C=O) groups excluding carboxylic acids is 2. The lowest BCUT2D eigenvalue weighted by molar-refractivity contribution is -0.143. The number of aryl methyl sites for hydroxylation is 1. The summed E-state index contributed by atoms with van der Waals surface area (Å²) in [6, 6.07) is 12.8. The minimum Gasteiger partial charge on any atom is -0.467 e. The van der Waals surface area contributed by atoms with Crippen molar-refractivity contribution < 1.29 is 18.4 Å². The average Bonchev–Trinajstić information content (AvgIpc) is 3.56. The highest BCUT2D eigenvalue weighted by Crippen LogP contribution is 2.27. The van der Waals surface area contributed by atoms with Gasteiger partial charge in [-0.2, -0.15) is 4.80 Å². The van der Waals surface area contributed by atoms with E-state index in [4.69, 9.17) is 20.4 Å². The van der Waals surface area contributed by atoms with Crippen LogP contribution in [0.3, 0.4) is 0 Å². The van der Waals surface area contributed by atoms with Crippen LogP contribution in [0.4, 0.5) is 0 Å². The molecule has 1 N–H and O–H groups in total. The molecule has 0 aliphatic carbocycles. The summed E-state index contributed by atoms with van der Waals surface area (Å²) in [5.41, 5.74) is 0.0735. The Morgan fingerprint density at radius 2 is 1.89 bits per heavy atom. The van der Waals surface area contributed by atoms with Crippen molar-refractivity contribution in [3.63, 3.8) is 0 Å². The molecule has 0 saturated carbocycles. The fourth-order valence-electron chi connectivity index (χ4n) is 3.63. The van der Waals surface area contributed by atoms with Gasteiger partial charge in [-0.3, -0.25) is 9.59 Å². The van der Waals surface area contributed by atoms with E-state index in [1.54, 1.807) is 48.5 Å². The number of carbonyl (C=O) groups is 2. The van der Waals surface area contributed by atoms with Crippen molar-refractivity contribution in [3.8, 4) is 11.6 Å². The molecule has 2 amide bonds. The van der Waals surface area contributed by atoms with Crippen molar-refractivity contribution in [2.75, 3.05) is 0 Å². The number of furan rings is 2. The van der Waals surface area contributed by atoms with E-state index in [1.807, 2.05) is 27.7 Å². The summed E-state index contributed by atoms with van der Waals surface area (Å²) < 4.78 is 11.0. The molecule has 10 nitrogen and oxygen atoms in total. The predicted molar refractivity (Wildman–Crippen MR) is 132 cm³/mol. The zero-order chi connectivity index (χ0) is 25.9. The van der Waals surface area contributed by atoms with Crippen molar-refractivity contribution in [2.45, 2.75) is 52.4 Å². The SMILES string of the molecule is Cc1ccc(-c2nnn(CC(=O)N(Cc3ccco3)[C@H](C(=O)NC(C)(C)C)c3ccc(Cl)cc3)n2)o1. The maximum absolute atomic E-state index is 13.7. The van der Waals surface area contributed by atoms with E-state index in [1.165, 1.54) is 16.0 Å². The highest BCUT2D eigenvalue weighted by atomic mass is 35.5. The molecule has 4 aromatic rings. The largest absolute Gasteiger partial charge is 0.467 e. The van der Waals surface area contributed by atoms with Crippen molar-refractivity contribution in [1.29, 1.82) is 0 Å². The number of halogens is 1. The monoisotopic (exact) mass is 510 g/mol. The summed E-state index contributed by atoms with van der Waals surface area (Å²) in [5.74, 6) is 1.18. The molecule has 0 aliphatic heterocycles. The molecule has 3 aromatic heterocycles. The molecule has 3 heterocycles. The van der Waals surface area contributed by atoms with Crippen LogP contribution in [0.2, 0.25) is 5.02 Å². The van der Waals surface area contributed by atoms with E-state index in [2.05, 4.69) is 20.7 Å². The molecule has 11 heteroatoms. The van der Waals surface area contributed by atoms with Gasteiger partial charge in [0.1, 0.15) is 24.1 Å². The lowest BCUT2D eigenvalue weighted by atomic mass is 10.0. The van der Waals surface area contributed by atoms with Gasteiger partial charge in [0.15, 0.2) is 5.76 Å². The second-order valence-electron chi connectivity index (χ2n) is 9.35.